The lowest BCUT2D eigenvalue weighted by molar-refractivity contribution is -0.117. The van der Waals surface area contributed by atoms with Crippen LogP contribution < -0.4 is 14.4 Å². The molecular formula is C20H24N2O4S. The number of ether oxygens (including phenoxy) is 1. The van der Waals surface area contributed by atoms with E-state index in [1.54, 1.807) is 30.0 Å². The Labute approximate surface area is 160 Å². The Kier molecular flexibility index (Phi) is 6.13. The van der Waals surface area contributed by atoms with Gasteiger partial charge in [-0.25, -0.2) is 13.1 Å². The van der Waals surface area contributed by atoms with Gasteiger partial charge in [0.05, 0.1) is 11.5 Å². The summed E-state index contributed by atoms with van der Waals surface area (Å²) in [6, 6.07) is 14.4. The molecule has 27 heavy (non-hydrogen) atoms. The quantitative estimate of drug-likeness (QED) is 0.706. The van der Waals surface area contributed by atoms with E-state index in [2.05, 4.69) is 4.72 Å². The molecular weight excluding hydrogens is 364 g/mol. The maximum atomic E-state index is 12.6. The monoisotopic (exact) mass is 388 g/mol. The number of benzene rings is 2. The first kappa shape index (κ1) is 19.4. The van der Waals surface area contributed by atoms with E-state index in [4.69, 9.17) is 4.74 Å². The van der Waals surface area contributed by atoms with Crippen molar-refractivity contribution in [1.29, 1.82) is 0 Å². The SMILES string of the molecule is Cc1cc(N2CCCC2=O)ccc1S(=O)(=O)NCCCOc1ccccc1. The highest BCUT2D eigenvalue weighted by Gasteiger charge is 2.23. The Bertz CT molecular complexity index is 897. The molecule has 1 N–H and O–H groups in total. The van der Waals surface area contributed by atoms with Gasteiger partial charge in [0.2, 0.25) is 15.9 Å². The molecule has 0 saturated carbocycles. The molecule has 1 saturated heterocycles. The number of para-hydroxylation sites is 1. The van der Waals surface area contributed by atoms with Gasteiger partial charge in [0.1, 0.15) is 5.75 Å². The summed E-state index contributed by atoms with van der Waals surface area (Å²) in [5.74, 6) is 0.852. The third-order valence-electron chi connectivity index (χ3n) is 4.46. The molecule has 0 atom stereocenters. The van der Waals surface area contributed by atoms with Gasteiger partial charge in [-0.1, -0.05) is 18.2 Å². The van der Waals surface area contributed by atoms with Crippen molar-refractivity contribution in [1.82, 2.24) is 4.72 Å². The van der Waals surface area contributed by atoms with Crippen molar-refractivity contribution in [2.75, 3.05) is 24.6 Å². The first-order valence-corrected chi connectivity index (χ1v) is 10.5. The topological polar surface area (TPSA) is 75.7 Å². The summed E-state index contributed by atoms with van der Waals surface area (Å²) in [5.41, 5.74) is 1.38. The van der Waals surface area contributed by atoms with Gasteiger partial charge in [-0.15, -0.1) is 0 Å². The van der Waals surface area contributed by atoms with Crippen LogP contribution in [0.3, 0.4) is 0 Å². The third-order valence-corrected chi connectivity index (χ3v) is 6.08. The van der Waals surface area contributed by atoms with Crippen LogP contribution in [0.15, 0.2) is 53.4 Å². The van der Waals surface area contributed by atoms with E-state index in [0.29, 0.717) is 38.1 Å². The number of nitrogens with one attached hydrogen (secondary N) is 1. The molecule has 144 valence electrons. The van der Waals surface area contributed by atoms with Gasteiger partial charge in [0.25, 0.3) is 0 Å². The van der Waals surface area contributed by atoms with Crippen molar-refractivity contribution < 1.29 is 17.9 Å². The summed E-state index contributed by atoms with van der Waals surface area (Å²) in [7, 11) is -3.60. The van der Waals surface area contributed by atoms with E-state index in [1.807, 2.05) is 30.3 Å². The molecule has 1 amide bonds. The molecule has 0 bridgehead atoms. The summed E-state index contributed by atoms with van der Waals surface area (Å²) in [6.45, 7) is 3.16. The van der Waals surface area contributed by atoms with Crippen molar-refractivity contribution >= 4 is 21.6 Å². The fourth-order valence-electron chi connectivity index (χ4n) is 3.09. The molecule has 0 aromatic heterocycles. The molecule has 1 aliphatic heterocycles. The minimum atomic E-state index is -3.60. The molecule has 7 heteroatoms. The Morgan fingerprint density at radius 2 is 1.93 bits per heavy atom. The second kappa shape index (κ2) is 8.54. The van der Waals surface area contributed by atoms with Crippen molar-refractivity contribution in [3.8, 4) is 5.75 Å². The fraction of sp³-hybridized carbons (Fsp3) is 0.350. The molecule has 0 radical (unpaired) electrons. The minimum absolute atomic E-state index is 0.0848. The standard InChI is InChI=1S/C20H24N2O4S/c1-16-15-17(22-13-5-9-20(22)23)10-11-19(16)27(24,25)21-12-6-14-26-18-7-3-2-4-8-18/h2-4,7-8,10-11,15,21H,5-6,9,12-14H2,1H3. The number of sulfonamides is 1. The maximum absolute atomic E-state index is 12.6. The first-order chi connectivity index (χ1) is 13.0. The molecule has 1 heterocycles. The molecule has 0 aliphatic carbocycles. The van der Waals surface area contributed by atoms with Crippen molar-refractivity contribution in [2.45, 2.75) is 31.1 Å². The number of carbonyl (C=O) groups excluding carboxylic acids is 1. The zero-order valence-corrected chi connectivity index (χ0v) is 16.2. The van der Waals surface area contributed by atoms with Crippen LogP contribution in [0.1, 0.15) is 24.8 Å². The minimum Gasteiger partial charge on any atom is -0.494 e. The van der Waals surface area contributed by atoms with Gasteiger partial charge < -0.3 is 9.64 Å². The third kappa shape index (κ3) is 4.87. The van der Waals surface area contributed by atoms with Gasteiger partial charge in [-0.2, -0.15) is 0 Å². The maximum Gasteiger partial charge on any atom is 0.240 e. The highest BCUT2D eigenvalue weighted by molar-refractivity contribution is 7.89. The summed E-state index contributed by atoms with van der Waals surface area (Å²) >= 11 is 0. The van der Waals surface area contributed by atoms with E-state index < -0.39 is 10.0 Å². The Morgan fingerprint density at radius 3 is 2.59 bits per heavy atom. The van der Waals surface area contributed by atoms with Crippen LogP contribution in [0.2, 0.25) is 0 Å². The van der Waals surface area contributed by atoms with Crippen molar-refractivity contribution in [2.24, 2.45) is 0 Å². The molecule has 0 spiro atoms. The Hall–Kier alpha value is -2.38. The second-order valence-electron chi connectivity index (χ2n) is 6.51. The first-order valence-electron chi connectivity index (χ1n) is 9.06. The van der Waals surface area contributed by atoms with E-state index in [9.17, 15) is 13.2 Å². The molecule has 6 nitrogen and oxygen atoms in total. The summed E-state index contributed by atoms with van der Waals surface area (Å²) in [6.07, 6.45) is 1.95. The van der Waals surface area contributed by atoms with E-state index in [1.165, 1.54) is 0 Å². The van der Waals surface area contributed by atoms with Crippen LogP contribution in [0.4, 0.5) is 5.69 Å². The van der Waals surface area contributed by atoms with E-state index >= 15 is 0 Å². The number of nitrogens with zero attached hydrogens (tertiary/aromatic N) is 1. The van der Waals surface area contributed by atoms with Crippen LogP contribution in [-0.4, -0.2) is 34.0 Å². The normalized spacial score (nSPS) is 14.6. The second-order valence-corrected chi connectivity index (χ2v) is 8.25. The lowest BCUT2D eigenvalue weighted by atomic mass is 10.2. The van der Waals surface area contributed by atoms with Gasteiger partial charge in [-0.05, 0) is 55.7 Å². The number of rotatable bonds is 8. The lowest BCUT2D eigenvalue weighted by Gasteiger charge is -2.17. The Balaban J connectivity index is 1.55. The molecule has 0 unspecified atom stereocenters. The summed E-state index contributed by atoms with van der Waals surface area (Å²) in [5, 5.41) is 0. The number of aryl methyl sites for hydroxylation is 1. The largest absolute Gasteiger partial charge is 0.494 e. The van der Waals surface area contributed by atoms with Crippen LogP contribution in [0.5, 0.6) is 5.75 Å². The van der Waals surface area contributed by atoms with Gasteiger partial charge >= 0.3 is 0 Å². The van der Waals surface area contributed by atoms with E-state index in [0.717, 1.165) is 17.9 Å². The molecule has 1 aliphatic rings. The molecule has 2 aromatic rings. The number of hydrogen-bond acceptors (Lipinski definition) is 4. The van der Waals surface area contributed by atoms with Crippen molar-refractivity contribution in [3.63, 3.8) is 0 Å². The predicted molar refractivity (Wildman–Crippen MR) is 105 cm³/mol. The summed E-state index contributed by atoms with van der Waals surface area (Å²) < 4.78 is 33.3. The van der Waals surface area contributed by atoms with Crippen LogP contribution in [-0.2, 0) is 14.8 Å². The van der Waals surface area contributed by atoms with E-state index in [-0.39, 0.29) is 10.8 Å². The fourth-order valence-corrected chi connectivity index (χ4v) is 4.39. The zero-order valence-electron chi connectivity index (χ0n) is 15.3. The number of carbonyl (C=O) groups is 1. The molecule has 1 fully saturated rings. The van der Waals surface area contributed by atoms with Crippen LogP contribution in [0, 0.1) is 6.92 Å². The number of hydrogen-bond donors (Lipinski definition) is 1. The van der Waals surface area contributed by atoms with Gasteiger partial charge in [0.15, 0.2) is 0 Å². The molecule has 2 aromatic carbocycles. The van der Waals surface area contributed by atoms with Crippen LogP contribution in [0.25, 0.3) is 0 Å². The average molecular weight is 388 g/mol. The van der Waals surface area contributed by atoms with Gasteiger partial charge in [-0.3, -0.25) is 4.79 Å². The Morgan fingerprint density at radius 1 is 1.15 bits per heavy atom. The zero-order chi connectivity index (χ0) is 19.3. The van der Waals surface area contributed by atoms with Gasteiger partial charge in [0, 0.05) is 25.2 Å². The molecule has 3 rings (SSSR count). The van der Waals surface area contributed by atoms with Crippen molar-refractivity contribution in [3.05, 3.63) is 54.1 Å². The highest BCUT2D eigenvalue weighted by atomic mass is 32.2. The number of anilines is 1. The highest BCUT2D eigenvalue weighted by Crippen LogP contribution is 2.25. The predicted octanol–water partition coefficient (Wildman–Crippen LogP) is 2.87. The lowest BCUT2D eigenvalue weighted by Crippen LogP contribution is -2.27. The summed E-state index contributed by atoms with van der Waals surface area (Å²) in [4.78, 5) is 13.8. The smallest absolute Gasteiger partial charge is 0.240 e. The average Bonchev–Trinajstić information content (AvgIpc) is 3.08. The number of amides is 1. The van der Waals surface area contributed by atoms with Crippen LogP contribution >= 0.6 is 0 Å².